The van der Waals surface area contributed by atoms with Crippen LogP contribution in [-0.4, -0.2) is 17.9 Å². The fraction of sp³-hybridized carbons (Fsp3) is 0.182. The molecule has 0 spiro atoms. The highest BCUT2D eigenvalue weighted by Gasteiger charge is 2.13. The minimum Gasteiger partial charge on any atom is -0.343 e. The van der Waals surface area contributed by atoms with Crippen molar-refractivity contribution in [2.45, 2.75) is 20.8 Å². The Hall–Kier alpha value is -3.14. The summed E-state index contributed by atoms with van der Waals surface area (Å²) >= 11 is 0. The molecule has 0 saturated heterocycles. The molecule has 1 heterocycles. The molecule has 0 unspecified atom stereocenters. The average molecular weight is 345 g/mol. The molecule has 0 aliphatic rings. The largest absolute Gasteiger partial charge is 0.343 e. The smallest absolute Gasteiger partial charge is 0.257 e. The summed E-state index contributed by atoms with van der Waals surface area (Å²) in [4.78, 5) is 19.0. The molecule has 0 radical (unpaired) electrons. The first kappa shape index (κ1) is 17.7. The van der Waals surface area contributed by atoms with Gasteiger partial charge in [0.15, 0.2) is 0 Å². The molecule has 2 aromatic carbocycles. The number of nitrogens with one attached hydrogen (secondary N) is 1. The molecule has 26 heavy (non-hydrogen) atoms. The maximum absolute atomic E-state index is 12.7. The molecule has 3 rings (SSSR count). The van der Waals surface area contributed by atoms with Crippen molar-refractivity contribution >= 4 is 23.0 Å². The number of aromatic nitrogens is 1. The highest BCUT2D eigenvalue weighted by molar-refractivity contribution is 6.05. The average Bonchev–Trinajstić information content (AvgIpc) is 2.64. The minimum atomic E-state index is -0.157. The highest BCUT2D eigenvalue weighted by Crippen LogP contribution is 2.25. The van der Waals surface area contributed by atoms with E-state index in [0.717, 1.165) is 28.2 Å². The minimum absolute atomic E-state index is 0.157. The van der Waals surface area contributed by atoms with Crippen LogP contribution in [0.1, 0.15) is 27.0 Å². The number of rotatable bonds is 4. The van der Waals surface area contributed by atoms with Crippen LogP contribution in [-0.2, 0) is 0 Å². The lowest BCUT2D eigenvalue weighted by molar-refractivity contribution is 0.102. The molecule has 3 aromatic rings. The lowest BCUT2D eigenvalue weighted by Gasteiger charge is -2.19. The Balaban J connectivity index is 1.85. The maximum Gasteiger partial charge on any atom is 0.257 e. The molecule has 1 amide bonds. The van der Waals surface area contributed by atoms with Crippen LogP contribution in [0.3, 0.4) is 0 Å². The topological polar surface area (TPSA) is 45.2 Å². The third-order valence-electron chi connectivity index (χ3n) is 4.43. The second kappa shape index (κ2) is 7.40. The van der Waals surface area contributed by atoms with Crippen LogP contribution in [0.15, 0.2) is 60.9 Å². The van der Waals surface area contributed by atoms with Gasteiger partial charge in [0.25, 0.3) is 5.91 Å². The number of pyridine rings is 1. The number of para-hydroxylation sites is 1. The summed E-state index contributed by atoms with van der Waals surface area (Å²) in [5.41, 5.74) is 6.60. The summed E-state index contributed by atoms with van der Waals surface area (Å²) in [5.74, 6) is -0.157. The number of carbonyl (C=O) groups is 1. The molecule has 0 atom stereocenters. The van der Waals surface area contributed by atoms with Gasteiger partial charge in [0, 0.05) is 24.6 Å². The fourth-order valence-electron chi connectivity index (χ4n) is 3.10. The molecule has 0 fully saturated rings. The van der Waals surface area contributed by atoms with Gasteiger partial charge < -0.3 is 10.2 Å². The molecule has 0 aliphatic carbocycles. The molecule has 4 nitrogen and oxygen atoms in total. The van der Waals surface area contributed by atoms with Crippen molar-refractivity contribution in [2.24, 2.45) is 0 Å². The summed E-state index contributed by atoms with van der Waals surface area (Å²) < 4.78 is 0. The van der Waals surface area contributed by atoms with Gasteiger partial charge >= 0.3 is 0 Å². The van der Waals surface area contributed by atoms with Crippen LogP contribution in [0.2, 0.25) is 0 Å². The Morgan fingerprint density at radius 1 is 0.923 bits per heavy atom. The maximum atomic E-state index is 12.7. The van der Waals surface area contributed by atoms with Crippen LogP contribution in [0.25, 0.3) is 0 Å². The number of carbonyl (C=O) groups excluding carboxylic acids is 1. The van der Waals surface area contributed by atoms with E-state index in [1.165, 1.54) is 5.56 Å². The molecule has 1 aromatic heterocycles. The SMILES string of the molecule is Cc1cc(C)c(NC(=O)c2cncc(N(C)c3ccccc3)c2)c(C)c1. The van der Waals surface area contributed by atoms with E-state index in [1.54, 1.807) is 12.4 Å². The van der Waals surface area contributed by atoms with E-state index in [0.29, 0.717) is 5.56 Å². The number of hydrogen-bond donors (Lipinski definition) is 1. The summed E-state index contributed by atoms with van der Waals surface area (Å²) in [5, 5.41) is 3.03. The number of aryl methyl sites for hydroxylation is 3. The molecular formula is C22H23N3O. The van der Waals surface area contributed by atoms with E-state index in [9.17, 15) is 4.79 Å². The zero-order valence-electron chi connectivity index (χ0n) is 15.6. The zero-order chi connectivity index (χ0) is 18.7. The quantitative estimate of drug-likeness (QED) is 0.721. The number of anilines is 3. The number of amides is 1. The van der Waals surface area contributed by atoms with Gasteiger partial charge in [-0.15, -0.1) is 0 Å². The molecule has 1 N–H and O–H groups in total. The molecule has 0 aliphatic heterocycles. The van der Waals surface area contributed by atoms with E-state index in [-0.39, 0.29) is 5.91 Å². The van der Waals surface area contributed by atoms with Crippen LogP contribution in [0, 0.1) is 20.8 Å². The van der Waals surface area contributed by atoms with Crippen molar-refractivity contribution in [2.75, 3.05) is 17.3 Å². The monoisotopic (exact) mass is 345 g/mol. The lowest BCUT2D eigenvalue weighted by atomic mass is 10.0. The van der Waals surface area contributed by atoms with Crippen LogP contribution >= 0.6 is 0 Å². The lowest BCUT2D eigenvalue weighted by Crippen LogP contribution is -2.16. The van der Waals surface area contributed by atoms with Crippen molar-refractivity contribution < 1.29 is 4.79 Å². The van der Waals surface area contributed by atoms with Crippen LogP contribution < -0.4 is 10.2 Å². The zero-order valence-corrected chi connectivity index (χ0v) is 15.6. The Labute approximate surface area is 154 Å². The second-order valence-electron chi connectivity index (χ2n) is 6.55. The predicted molar refractivity (Wildman–Crippen MR) is 107 cm³/mol. The summed E-state index contributed by atoms with van der Waals surface area (Å²) in [6.07, 6.45) is 3.35. The first-order valence-electron chi connectivity index (χ1n) is 8.59. The van der Waals surface area contributed by atoms with Gasteiger partial charge in [-0.2, -0.15) is 0 Å². The van der Waals surface area contributed by atoms with Gasteiger partial charge in [0.1, 0.15) is 0 Å². The van der Waals surface area contributed by atoms with Gasteiger partial charge in [0.2, 0.25) is 0 Å². The van der Waals surface area contributed by atoms with Gasteiger partial charge in [-0.1, -0.05) is 35.9 Å². The second-order valence-corrected chi connectivity index (χ2v) is 6.55. The summed E-state index contributed by atoms with van der Waals surface area (Å²) in [6.45, 7) is 6.07. The molecule has 132 valence electrons. The van der Waals surface area contributed by atoms with Gasteiger partial charge in [-0.3, -0.25) is 9.78 Å². The van der Waals surface area contributed by atoms with Gasteiger partial charge in [-0.05, 0) is 50.1 Å². The molecule has 4 heteroatoms. The number of benzene rings is 2. The van der Waals surface area contributed by atoms with Crippen molar-refractivity contribution in [3.05, 3.63) is 83.2 Å². The Bertz CT molecular complexity index is 912. The predicted octanol–water partition coefficient (Wildman–Crippen LogP) is 5.03. The first-order chi connectivity index (χ1) is 12.5. The molecule has 0 bridgehead atoms. The Kier molecular flexibility index (Phi) is 5.03. The summed E-state index contributed by atoms with van der Waals surface area (Å²) in [6, 6.07) is 16.0. The summed E-state index contributed by atoms with van der Waals surface area (Å²) in [7, 11) is 1.96. The third kappa shape index (κ3) is 3.75. The fourth-order valence-corrected chi connectivity index (χ4v) is 3.10. The van der Waals surface area contributed by atoms with E-state index < -0.39 is 0 Å². The van der Waals surface area contributed by atoms with Crippen molar-refractivity contribution in [3.63, 3.8) is 0 Å². The van der Waals surface area contributed by atoms with E-state index in [2.05, 4.69) is 29.4 Å². The first-order valence-corrected chi connectivity index (χ1v) is 8.59. The molecular weight excluding hydrogens is 322 g/mol. The van der Waals surface area contributed by atoms with E-state index in [4.69, 9.17) is 0 Å². The van der Waals surface area contributed by atoms with Gasteiger partial charge in [-0.25, -0.2) is 0 Å². The van der Waals surface area contributed by atoms with E-state index in [1.807, 2.05) is 62.2 Å². The Morgan fingerprint density at radius 2 is 1.58 bits per heavy atom. The van der Waals surface area contributed by atoms with Crippen LogP contribution in [0.5, 0.6) is 0 Å². The van der Waals surface area contributed by atoms with Gasteiger partial charge in [0.05, 0.1) is 17.4 Å². The third-order valence-corrected chi connectivity index (χ3v) is 4.43. The van der Waals surface area contributed by atoms with E-state index >= 15 is 0 Å². The van der Waals surface area contributed by atoms with Crippen LogP contribution in [0.4, 0.5) is 17.1 Å². The number of nitrogens with zero attached hydrogens (tertiary/aromatic N) is 2. The highest BCUT2D eigenvalue weighted by atomic mass is 16.1. The normalized spacial score (nSPS) is 10.5. The molecule has 0 saturated carbocycles. The number of hydrogen-bond acceptors (Lipinski definition) is 3. The van der Waals surface area contributed by atoms with Crippen molar-refractivity contribution in [1.82, 2.24) is 4.98 Å². The standard InChI is InChI=1S/C22H23N3O/c1-15-10-16(2)21(17(3)11-15)24-22(26)18-12-20(14-23-13-18)25(4)19-8-6-5-7-9-19/h5-14H,1-4H3,(H,24,26). The van der Waals surface area contributed by atoms with Crippen molar-refractivity contribution in [3.8, 4) is 0 Å². The van der Waals surface area contributed by atoms with Crippen molar-refractivity contribution in [1.29, 1.82) is 0 Å². The Morgan fingerprint density at radius 3 is 2.23 bits per heavy atom.